The Kier molecular flexibility index (Phi) is 15.5. The molecule has 2 aliphatic rings. The number of nitrogens with zero attached hydrogens (tertiary/aromatic N) is 6. The average Bonchev–Trinajstić information content (AvgIpc) is 3.67. The summed E-state index contributed by atoms with van der Waals surface area (Å²) in [6.45, 7) is 6.45. The van der Waals surface area contributed by atoms with Gasteiger partial charge in [-0.1, -0.05) is 13.8 Å². The summed E-state index contributed by atoms with van der Waals surface area (Å²) in [5, 5.41) is 18.8. The normalized spacial score (nSPS) is 22.8. The predicted octanol–water partition coefficient (Wildman–Crippen LogP) is 6.66. The van der Waals surface area contributed by atoms with Gasteiger partial charge in [0.1, 0.15) is 0 Å². The minimum atomic E-state index is -0.843. The number of hydrogen-bond acceptors (Lipinski definition) is 6. The summed E-state index contributed by atoms with van der Waals surface area (Å²) in [5.41, 5.74) is 2.11. The molecular weight excluding hydrogens is 580 g/mol. The third-order valence-corrected chi connectivity index (χ3v) is 9.70. The Hall–Kier alpha value is -2.98. The fourth-order valence-electron chi connectivity index (χ4n) is 6.62. The first-order valence-corrected chi connectivity index (χ1v) is 17.4. The van der Waals surface area contributed by atoms with Crippen molar-refractivity contribution in [2.24, 2.45) is 17.8 Å². The SMILES string of the molecule is CC1CCC(n2cnc(/C=C(\CCCN(C)C)C(=O)O)c2)CC1.CC1CCC(n2cnc(C[C@H](CCCN(C)C)C(=O)O)c2)CC1. The van der Waals surface area contributed by atoms with Gasteiger partial charge in [-0.2, -0.15) is 0 Å². The van der Waals surface area contributed by atoms with Crippen molar-refractivity contribution in [1.82, 2.24) is 28.9 Å². The van der Waals surface area contributed by atoms with Crippen LogP contribution in [0.4, 0.5) is 0 Å². The van der Waals surface area contributed by atoms with Gasteiger partial charge in [0.15, 0.2) is 0 Å². The number of carbonyl (C=O) groups is 2. The zero-order valence-electron chi connectivity index (χ0n) is 29.3. The highest BCUT2D eigenvalue weighted by Crippen LogP contribution is 2.33. The van der Waals surface area contributed by atoms with Gasteiger partial charge in [-0.3, -0.25) is 4.79 Å². The maximum atomic E-state index is 11.5. The number of aromatic nitrogens is 4. The van der Waals surface area contributed by atoms with Crippen LogP contribution in [0, 0.1) is 17.8 Å². The number of imidazole rings is 2. The average molecular weight is 641 g/mol. The van der Waals surface area contributed by atoms with Gasteiger partial charge in [0.25, 0.3) is 0 Å². The van der Waals surface area contributed by atoms with Crippen LogP contribution < -0.4 is 0 Å². The van der Waals surface area contributed by atoms with Crippen molar-refractivity contribution in [2.45, 2.75) is 109 Å². The molecule has 0 aliphatic heterocycles. The smallest absolute Gasteiger partial charge is 0.331 e. The number of carboxylic acid groups (broad SMARTS) is 2. The molecule has 2 saturated carbocycles. The summed E-state index contributed by atoms with van der Waals surface area (Å²) in [5.74, 6) is -0.217. The molecule has 0 radical (unpaired) electrons. The molecule has 0 unspecified atom stereocenters. The van der Waals surface area contributed by atoms with Crippen LogP contribution >= 0.6 is 0 Å². The molecule has 1 atom stereocenters. The predicted molar refractivity (Wildman–Crippen MR) is 184 cm³/mol. The third-order valence-electron chi connectivity index (χ3n) is 9.70. The summed E-state index contributed by atoms with van der Waals surface area (Å²) in [6.07, 6.45) is 23.0. The summed E-state index contributed by atoms with van der Waals surface area (Å²) in [6, 6.07) is 1.06. The number of aliphatic carboxylic acids is 2. The van der Waals surface area contributed by atoms with Crippen LogP contribution in [0.5, 0.6) is 0 Å². The van der Waals surface area contributed by atoms with E-state index in [9.17, 15) is 19.8 Å². The first-order valence-electron chi connectivity index (χ1n) is 17.4. The number of rotatable bonds is 15. The summed E-state index contributed by atoms with van der Waals surface area (Å²) < 4.78 is 4.37. The van der Waals surface area contributed by atoms with Crippen molar-refractivity contribution in [3.63, 3.8) is 0 Å². The molecule has 2 aromatic rings. The molecule has 2 aliphatic carbocycles. The standard InChI is InChI=1S/C18H31N3O2.C18H29N3O2/c2*1-14-6-8-17(9-7-14)21-12-16(19-13-21)11-15(18(22)23)5-4-10-20(2)3/h12-15,17H,4-11H2,1-3H3,(H,22,23);11-14,17H,4-10H2,1-3H3,(H,22,23)/b;15-11+/t14?,15-,17?;/m0./s1. The van der Waals surface area contributed by atoms with Gasteiger partial charge in [0, 0.05) is 36.5 Å². The Morgan fingerprint density at radius 1 is 0.826 bits per heavy atom. The minimum Gasteiger partial charge on any atom is -0.481 e. The Bertz CT molecular complexity index is 1220. The first-order chi connectivity index (χ1) is 21.9. The highest BCUT2D eigenvalue weighted by molar-refractivity contribution is 5.91. The van der Waals surface area contributed by atoms with Crippen LogP contribution in [-0.2, 0) is 16.0 Å². The highest BCUT2D eigenvalue weighted by Gasteiger charge is 2.23. The molecule has 258 valence electrons. The molecule has 4 rings (SSSR count). The number of carboxylic acids is 2. The lowest BCUT2D eigenvalue weighted by Gasteiger charge is -2.26. The van der Waals surface area contributed by atoms with Gasteiger partial charge < -0.3 is 29.1 Å². The van der Waals surface area contributed by atoms with Crippen molar-refractivity contribution in [3.8, 4) is 0 Å². The van der Waals surface area contributed by atoms with E-state index in [1.165, 1.54) is 51.4 Å². The number of hydrogen-bond donors (Lipinski definition) is 2. The molecule has 2 heterocycles. The van der Waals surface area contributed by atoms with Crippen LogP contribution in [-0.4, -0.2) is 92.3 Å². The van der Waals surface area contributed by atoms with Gasteiger partial charge in [0.05, 0.1) is 30.0 Å². The molecule has 2 N–H and O–H groups in total. The summed E-state index contributed by atoms with van der Waals surface area (Å²) >= 11 is 0. The van der Waals surface area contributed by atoms with E-state index in [1.807, 2.05) is 47.0 Å². The van der Waals surface area contributed by atoms with Gasteiger partial charge in [0.2, 0.25) is 0 Å². The molecule has 0 spiro atoms. The van der Waals surface area contributed by atoms with E-state index in [-0.39, 0.29) is 5.92 Å². The van der Waals surface area contributed by atoms with Crippen LogP contribution in [0.2, 0.25) is 0 Å². The van der Waals surface area contributed by atoms with E-state index in [2.05, 4.69) is 48.9 Å². The fourth-order valence-corrected chi connectivity index (χ4v) is 6.62. The molecule has 0 bridgehead atoms. The minimum absolute atomic E-state index is 0.329. The van der Waals surface area contributed by atoms with Crippen LogP contribution in [0.25, 0.3) is 6.08 Å². The maximum absolute atomic E-state index is 11.5. The zero-order valence-corrected chi connectivity index (χ0v) is 29.3. The molecule has 2 aromatic heterocycles. The molecule has 2 fully saturated rings. The zero-order chi connectivity index (χ0) is 33.6. The van der Waals surface area contributed by atoms with Crippen molar-refractivity contribution in [1.29, 1.82) is 0 Å². The Morgan fingerprint density at radius 2 is 1.35 bits per heavy atom. The fraction of sp³-hybridized carbons (Fsp3) is 0.722. The molecule has 10 nitrogen and oxygen atoms in total. The summed E-state index contributed by atoms with van der Waals surface area (Å²) in [4.78, 5) is 35.9. The van der Waals surface area contributed by atoms with Gasteiger partial charge in [-0.05, 0) is 136 Å². The van der Waals surface area contributed by atoms with E-state index in [0.717, 1.165) is 49.2 Å². The van der Waals surface area contributed by atoms with E-state index in [1.54, 1.807) is 6.08 Å². The lowest BCUT2D eigenvalue weighted by atomic mass is 9.87. The van der Waals surface area contributed by atoms with Crippen LogP contribution in [0.1, 0.15) is 114 Å². The van der Waals surface area contributed by atoms with Gasteiger partial charge in [-0.15, -0.1) is 0 Å². The van der Waals surface area contributed by atoms with Crippen molar-refractivity contribution < 1.29 is 19.8 Å². The third kappa shape index (κ3) is 13.0. The monoisotopic (exact) mass is 640 g/mol. The maximum Gasteiger partial charge on any atom is 0.331 e. The van der Waals surface area contributed by atoms with E-state index in [4.69, 9.17) is 0 Å². The molecule has 0 saturated heterocycles. The largest absolute Gasteiger partial charge is 0.481 e. The Balaban J connectivity index is 0.000000250. The lowest BCUT2D eigenvalue weighted by molar-refractivity contribution is -0.142. The second kappa shape index (κ2) is 19.0. The molecular formula is C36H60N6O4. The van der Waals surface area contributed by atoms with Crippen molar-refractivity contribution in [3.05, 3.63) is 42.0 Å². The van der Waals surface area contributed by atoms with E-state index in [0.29, 0.717) is 36.9 Å². The van der Waals surface area contributed by atoms with Crippen molar-refractivity contribution in [2.75, 3.05) is 41.3 Å². The van der Waals surface area contributed by atoms with E-state index >= 15 is 0 Å². The lowest BCUT2D eigenvalue weighted by Crippen LogP contribution is -2.20. The van der Waals surface area contributed by atoms with Crippen LogP contribution in [0.3, 0.4) is 0 Å². The molecule has 46 heavy (non-hydrogen) atoms. The molecule has 0 amide bonds. The molecule has 0 aromatic carbocycles. The molecule has 10 heteroatoms. The quantitative estimate of drug-likeness (QED) is 0.208. The first kappa shape index (κ1) is 37.5. The summed E-state index contributed by atoms with van der Waals surface area (Å²) in [7, 11) is 8.03. The second-order valence-corrected chi connectivity index (χ2v) is 14.5. The van der Waals surface area contributed by atoms with Gasteiger partial charge in [-0.25, -0.2) is 14.8 Å². The van der Waals surface area contributed by atoms with Gasteiger partial charge >= 0.3 is 11.9 Å². The van der Waals surface area contributed by atoms with E-state index < -0.39 is 11.9 Å². The highest BCUT2D eigenvalue weighted by atomic mass is 16.4. The Morgan fingerprint density at radius 3 is 1.87 bits per heavy atom. The Labute approximate surface area is 276 Å². The second-order valence-electron chi connectivity index (χ2n) is 14.5. The van der Waals surface area contributed by atoms with Crippen LogP contribution in [0.15, 0.2) is 30.6 Å². The van der Waals surface area contributed by atoms with Crippen molar-refractivity contribution >= 4 is 18.0 Å². The topological polar surface area (TPSA) is 117 Å².